The first-order valence-electron chi connectivity index (χ1n) is 4.03. The number of carbonyl (C=O) groups excluding carboxylic acids is 1. The number of hydrogen-bond donors (Lipinski definition) is 1. The fourth-order valence-electron chi connectivity index (χ4n) is 0.700. The van der Waals surface area contributed by atoms with E-state index in [1.165, 1.54) is 7.11 Å². The molecule has 0 saturated carbocycles. The molecule has 0 aliphatic carbocycles. The highest BCUT2D eigenvalue weighted by molar-refractivity contribution is 7.99. The summed E-state index contributed by atoms with van der Waals surface area (Å²) in [5.41, 5.74) is 5.53. The molecule has 0 aromatic heterocycles. The van der Waals surface area contributed by atoms with Gasteiger partial charge in [-0.3, -0.25) is 4.79 Å². The molecule has 2 N–H and O–H groups in total. The lowest BCUT2D eigenvalue weighted by Gasteiger charge is -2.09. The van der Waals surface area contributed by atoms with Gasteiger partial charge < -0.3 is 10.5 Å². The molecule has 72 valence electrons. The molecule has 0 aliphatic rings. The minimum atomic E-state index is -0.457. The van der Waals surface area contributed by atoms with Gasteiger partial charge >= 0.3 is 5.97 Å². The number of rotatable bonds is 5. The third-order valence-electron chi connectivity index (χ3n) is 1.38. The summed E-state index contributed by atoms with van der Waals surface area (Å²) >= 11 is 1.80. The van der Waals surface area contributed by atoms with Crippen molar-refractivity contribution < 1.29 is 9.53 Å². The molecule has 0 aliphatic heterocycles. The van der Waals surface area contributed by atoms with E-state index in [0.717, 1.165) is 5.75 Å². The lowest BCUT2D eigenvalue weighted by Crippen LogP contribution is -2.32. The Kier molecular flexibility index (Phi) is 6.20. The zero-order chi connectivity index (χ0) is 9.56. The molecule has 0 amide bonds. The molecule has 3 nitrogen and oxygen atoms in total. The second kappa shape index (κ2) is 6.31. The summed E-state index contributed by atoms with van der Waals surface area (Å²) in [7, 11) is 1.36. The van der Waals surface area contributed by atoms with E-state index in [4.69, 9.17) is 5.73 Å². The Morgan fingerprint density at radius 3 is 2.58 bits per heavy atom. The van der Waals surface area contributed by atoms with Gasteiger partial charge in [-0.25, -0.2) is 0 Å². The molecule has 0 heterocycles. The third-order valence-corrected chi connectivity index (χ3v) is 2.52. The number of thioether (sulfide) groups is 1. The highest BCUT2D eigenvalue weighted by Gasteiger charge is 2.12. The van der Waals surface area contributed by atoms with Crippen molar-refractivity contribution in [1.82, 2.24) is 0 Å². The minimum absolute atomic E-state index is 0.320. The van der Waals surface area contributed by atoms with Crippen LogP contribution in [-0.4, -0.2) is 30.1 Å². The van der Waals surface area contributed by atoms with Gasteiger partial charge in [-0.1, -0.05) is 13.8 Å². The summed E-state index contributed by atoms with van der Waals surface area (Å²) in [5, 5.41) is 0.592. The van der Waals surface area contributed by atoms with Crippen LogP contribution >= 0.6 is 11.8 Å². The zero-order valence-electron chi connectivity index (χ0n) is 7.87. The van der Waals surface area contributed by atoms with Gasteiger partial charge in [-0.05, 0) is 17.4 Å². The molecule has 0 radical (unpaired) electrons. The van der Waals surface area contributed by atoms with Crippen molar-refractivity contribution in [3.63, 3.8) is 0 Å². The average Bonchev–Trinajstić information content (AvgIpc) is 2.02. The van der Waals surface area contributed by atoms with Crippen molar-refractivity contribution in [1.29, 1.82) is 0 Å². The third kappa shape index (κ3) is 5.43. The molecule has 4 heteroatoms. The van der Waals surface area contributed by atoms with Gasteiger partial charge in [-0.2, -0.15) is 11.8 Å². The molecule has 0 fully saturated rings. The number of esters is 1. The fraction of sp³-hybridized carbons (Fsp3) is 0.875. The highest BCUT2D eigenvalue weighted by Crippen LogP contribution is 2.11. The largest absolute Gasteiger partial charge is 0.468 e. The number of carbonyl (C=O) groups is 1. The van der Waals surface area contributed by atoms with E-state index in [0.29, 0.717) is 11.7 Å². The first-order valence-corrected chi connectivity index (χ1v) is 5.07. The van der Waals surface area contributed by atoms with Gasteiger partial charge in [0.05, 0.1) is 7.11 Å². The van der Waals surface area contributed by atoms with E-state index in [9.17, 15) is 4.79 Å². The van der Waals surface area contributed by atoms with Crippen LogP contribution in [-0.2, 0) is 9.53 Å². The van der Waals surface area contributed by atoms with Gasteiger partial charge in [0.2, 0.25) is 0 Å². The molecule has 0 spiro atoms. The summed E-state index contributed by atoms with van der Waals surface area (Å²) < 4.78 is 4.50. The summed E-state index contributed by atoms with van der Waals surface area (Å²) in [6.07, 6.45) is 0.690. The second-order valence-corrected chi connectivity index (χ2v) is 4.52. The Hall–Kier alpha value is -0.220. The smallest absolute Gasteiger partial charge is 0.322 e. The monoisotopic (exact) mass is 191 g/mol. The molecular weight excluding hydrogens is 174 g/mol. The van der Waals surface area contributed by atoms with Crippen LogP contribution in [0.5, 0.6) is 0 Å². The average molecular weight is 191 g/mol. The second-order valence-electron chi connectivity index (χ2n) is 2.84. The fourth-order valence-corrected chi connectivity index (χ4v) is 1.56. The number of ether oxygens (including phenoxy) is 1. The van der Waals surface area contributed by atoms with Crippen LogP contribution in [0, 0.1) is 0 Å². The number of hydrogen-bond acceptors (Lipinski definition) is 4. The van der Waals surface area contributed by atoms with Gasteiger partial charge in [0.25, 0.3) is 0 Å². The van der Waals surface area contributed by atoms with Crippen molar-refractivity contribution in [3.8, 4) is 0 Å². The maximum Gasteiger partial charge on any atom is 0.322 e. The van der Waals surface area contributed by atoms with E-state index >= 15 is 0 Å². The molecule has 0 saturated heterocycles. The summed E-state index contributed by atoms with van der Waals surface area (Å²) in [4.78, 5) is 10.8. The molecule has 0 aromatic carbocycles. The number of nitrogens with two attached hydrogens (primary N) is 1. The maximum atomic E-state index is 10.8. The van der Waals surface area contributed by atoms with Crippen molar-refractivity contribution in [2.45, 2.75) is 31.6 Å². The SMILES string of the molecule is COC(=O)C(N)CCSC(C)C. The summed E-state index contributed by atoms with van der Waals surface area (Å²) in [5.74, 6) is 0.591. The lowest BCUT2D eigenvalue weighted by molar-refractivity contribution is -0.142. The highest BCUT2D eigenvalue weighted by atomic mass is 32.2. The standard InChI is InChI=1S/C8H17NO2S/c1-6(2)12-5-4-7(9)8(10)11-3/h6-7H,4-5,9H2,1-3H3. The Balaban J connectivity index is 3.43. The Bertz CT molecular complexity index is 139. The molecule has 12 heavy (non-hydrogen) atoms. The van der Waals surface area contributed by atoms with E-state index in [1.54, 1.807) is 11.8 Å². The predicted molar refractivity (Wildman–Crippen MR) is 52.2 cm³/mol. The first-order chi connectivity index (χ1) is 5.57. The molecule has 0 rings (SSSR count). The van der Waals surface area contributed by atoms with Gasteiger partial charge in [0.1, 0.15) is 6.04 Å². The van der Waals surface area contributed by atoms with E-state index in [2.05, 4.69) is 18.6 Å². The Morgan fingerprint density at radius 1 is 1.58 bits per heavy atom. The van der Waals surface area contributed by atoms with Crippen LogP contribution in [0.25, 0.3) is 0 Å². The van der Waals surface area contributed by atoms with Crippen molar-refractivity contribution >= 4 is 17.7 Å². The zero-order valence-corrected chi connectivity index (χ0v) is 8.69. The van der Waals surface area contributed by atoms with Crippen LogP contribution in [0.4, 0.5) is 0 Å². The van der Waals surface area contributed by atoms with E-state index in [-0.39, 0.29) is 5.97 Å². The molecule has 0 bridgehead atoms. The first kappa shape index (κ1) is 11.8. The van der Waals surface area contributed by atoms with Gasteiger partial charge in [0, 0.05) is 0 Å². The van der Waals surface area contributed by atoms with Crippen LogP contribution in [0.15, 0.2) is 0 Å². The van der Waals surface area contributed by atoms with E-state index in [1.807, 2.05) is 0 Å². The quantitative estimate of drug-likeness (QED) is 0.659. The van der Waals surface area contributed by atoms with Crippen LogP contribution in [0.2, 0.25) is 0 Å². The Morgan fingerprint density at radius 2 is 2.17 bits per heavy atom. The summed E-state index contributed by atoms with van der Waals surface area (Å²) in [6, 6.07) is -0.457. The molecular formula is C8H17NO2S. The summed E-state index contributed by atoms with van der Waals surface area (Å²) in [6.45, 7) is 4.24. The predicted octanol–water partition coefficient (Wildman–Crippen LogP) is 1.02. The van der Waals surface area contributed by atoms with Crippen LogP contribution in [0.3, 0.4) is 0 Å². The molecule has 1 atom stereocenters. The molecule has 0 aromatic rings. The van der Waals surface area contributed by atoms with Gasteiger partial charge in [-0.15, -0.1) is 0 Å². The van der Waals surface area contributed by atoms with Crippen molar-refractivity contribution in [2.24, 2.45) is 5.73 Å². The van der Waals surface area contributed by atoms with Crippen molar-refractivity contribution in [2.75, 3.05) is 12.9 Å². The van der Waals surface area contributed by atoms with E-state index < -0.39 is 6.04 Å². The maximum absolute atomic E-state index is 10.8. The van der Waals surface area contributed by atoms with Gasteiger partial charge in [0.15, 0.2) is 0 Å². The lowest BCUT2D eigenvalue weighted by atomic mass is 10.2. The molecule has 1 unspecified atom stereocenters. The van der Waals surface area contributed by atoms with Crippen LogP contribution < -0.4 is 5.73 Å². The minimum Gasteiger partial charge on any atom is -0.468 e. The normalized spacial score (nSPS) is 13.1. The Labute approximate surface area is 78.0 Å². The number of methoxy groups -OCH3 is 1. The van der Waals surface area contributed by atoms with Crippen LogP contribution in [0.1, 0.15) is 20.3 Å². The topological polar surface area (TPSA) is 52.3 Å². The van der Waals surface area contributed by atoms with Crippen molar-refractivity contribution in [3.05, 3.63) is 0 Å².